The maximum atomic E-state index is 12.5. The van der Waals surface area contributed by atoms with E-state index in [1.165, 1.54) is 0 Å². The summed E-state index contributed by atoms with van der Waals surface area (Å²) in [6.07, 6.45) is 3.44. The number of amides is 3. The van der Waals surface area contributed by atoms with Crippen molar-refractivity contribution in [3.05, 3.63) is 23.3 Å². The largest absolute Gasteiger partial charge is 0.494 e. The van der Waals surface area contributed by atoms with Crippen molar-refractivity contribution in [2.45, 2.75) is 45.4 Å². The molecule has 144 valence electrons. The first-order valence-electron chi connectivity index (χ1n) is 8.72. The van der Waals surface area contributed by atoms with Gasteiger partial charge in [-0.2, -0.15) is 11.8 Å². The number of primary amides is 1. The van der Waals surface area contributed by atoms with Gasteiger partial charge in [0.2, 0.25) is 5.91 Å². The number of rotatable bonds is 9. The molecular weight excluding hydrogens is 354 g/mol. The molecule has 0 spiro atoms. The molecule has 1 aliphatic rings. The van der Waals surface area contributed by atoms with Crippen LogP contribution in [0.4, 0.5) is 4.79 Å². The molecule has 0 fully saturated rings. The van der Waals surface area contributed by atoms with Crippen LogP contribution in [0.2, 0.25) is 0 Å². The van der Waals surface area contributed by atoms with Crippen molar-refractivity contribution in [3.8, 4) is 11.5 Å². The van der Waals surface area contributed by atoms with Crippen molar-refractivity contribution in [2.75, 3.05) is 18.6 Å². The van der Waals surface area contributed by atoms with Crippen LogP contribution in [0.5, 0.6) is 11.5 Å². The van der Waals surface area contributed by atoms with Gasteiger partial charge in [-0.05, 0) is 44.4 Å². The number of nitrogens with one attached hydrogen (secondary N) is 2. The molecule has 1 heterocycles. The van der Waals surface area contributed by atoms with Crippen molar-refractivity contribution in [1.29, 1.82) is 0 Å². The lowest BCUT2D eigenvalue weighted by Crippen LogP contribution is -2.48. The summed E-state index contributed by atoms with van der Waals surface area (Å²) in [5.41, 5.74) is 7.13. The predicted octanol–water partition coefficient (Wildman–Crippen LogP) is 1.81. The van der Waals surface area contributed by atoms with Gasteiger partial charge in [-0.15, -0.1) is 0 Å². The van der Waals surface area contributed by atoms with E-state index in [2.05, 4.69) is 10.6 Å². The van der Waals surface area contributed by atoms with Crippen molar-refractivity contribution < 1.29 is 19.1 Å². The highest BCUT2D eigenvalue weighted by Gasteiger charge is 2.23. The number of thioether (sulfide) groups is 1. The molecule has 1 aliphatic heterocycles. The van der Waals surface area contributed by atoms with Crippen LogP contribution >= 0.6 is 11.8 Å². The zero-order valence-corrected chi connectivity index (χ0v) is 16.3. The quantitative estimate of drug-likeness (QED) is 0.605. The smallest absolute Gasteiger partial charge is 0.312 e. The van der Waals surface area contributed by atoms with E-state index in [-0.39, 0.29) is 18.6 Å². The van der Waals surface area contributed by atoms with Crippen LogP contribution in [0.15, 0.2) is 12.1 Å². The Bertz CT molecular complexity index is 654. The molecule has 3 amide bonds. The number of carbonyl (C=O) groups excluding carboxylic acids is 2. The number of hydrogen-bond donors (Lipinski definition) is 3. The topological polar surface area (TPSA) is 103 Å². The average molecular weight is 381 g/mol. The summed E-state index contributed by atoms with van der Waals surface area (Å²) in [5.74, 6) is 2.05. The van der Waals surface area contributed by atoms with Crippen LogP contribution in [0.3, 0.4) is 0 Å². The summed E-state index contributed by atoms with van der Waals surface area (Å²) in [6.45, 7) is 4.77. The first-order valence-corrected chi connectivity index (χ1v) is 10.1. The summed E-state index contributed by atoms with van der Waals surface area (Å²) in [7, 11) is 0. The van der Waals surface area contributed by atoms with Gasteiger partial charge in [-0.25, -0.2) is 4.79 Å². The zero-order chi connectivity index (χ0) is 19.1. The molecule has 2 atom stereocenters. The van der Waals surface area contributed by atoms with Crippen molar-refractivity contribution >= 4 is 23.7 Å². The second-order valence-corrected chi connectivity index (χ2v) is 7.18. The number of hydrogen-bond acceptors (Lipinski definition) is 5. The van der Waals surface area contributed by atoms with Gasteiger partial charge in [-0.1, -0.05) is 0 Å². The van der Waals surface area contributed by atoms with E-state index in [9.17, 15) is 9.59 Å². The molecule has 8 heteroatoms. The fourth-order valence-corrected chi connectivity index (χ4v) is 3.36. The Hall–Kier alpha value is -2.09. The predicted molar refractivity (Wildman–Crippen MR) is 103 cm³/mol. The molecule has 0 bridgehead atoms. The molecule has 1 aromatic carbocycles. The minimum Gasteiger partial charge on any atom is -0.494 e. The minimum absolute atomic E-state index is 0.139. The minimum atomic E-state index is -0.707. The first-order chi connectivity index (χ1) is 12.4. The number of fused-ring (bicyclic) bond motifs is 1. The number of ether oxygens (including phenoxy) is 2. The highest BCUT2D eigenvalue weighted by Crippen LogP contribution is 2.35. The highest BCUT2D eigenvalue weighted by molar-refractivity contribution is 7.98. The summed E-state index contributed by atoms with van der Waals surface area (Å²) in [4.78, 5) is 23.6. The fourth-order valence-electron chi connectivity index (χ4n) is 2.89. The fraction of sp³-hybridized carbons (Fsp3) is 0.556. The Labute approximate surface area is 158 Å². The van der Waals surface area contributed by atoms with Crippen LogP contribution in [0.1, 0.15) is 31.4 Å². The van der Waals surface area contributed by atoms with Gasteiger partial charge < -0.3 is 25.8 Å². The lowest BCUT2D eigenvalue weighted by atomic mass is 10.1. The number of nitrogens with two attached hydrogens (primary N) is 1. The maximum Gasteiger partial charge on any atom is 0.312 e. The highest BCUT2D eigenvalue weighted by atomic mass is 32.2. The third-order valence-corrected chi connectivity index (χ3v) is 4.72. The molecule has 7 nitrogen and oxygen atoms in total. The number of urea groups is 1. The van der Waals surface area contributed by atoms with E-state index >= 15 is 0 Å². The van der Waals surface area contributed by atoms with Gasteiger partial charge in [0.25, 0.3) is 0 Å². The Morgan fingerprint density at radius 3 is 2.88 bits per heavy atom. The molecular formula is C18H27N3O4S. The second-order valence-electron chi connectivity index (χ2n) is 6.19. The lowest BCUT2D eigenvalue weighted by molar-refractivity contribution is -0.123. The Balaban J connectivity index is 2.08. The molecule has 0 saturated carbocycles. The summed E-state index contributed by atoms with van der Waals surface area (Å²) in [6, 6.07) is 2.54. The summed E-state index contributed by atoms with van der Waals surface area (Å²) >= 11 is 1.60. The Kier molecular flexibility index (Phi) is 7.44. The zero-order valence-electron chi connectivity index (χ0n) is 15.5. The van der Waals surface area contributed by atoms with Crippen molar-refractivity contribution in [3.63, 3.8) is 0 Å². The van der Waals surface area contributed by atoms with Crippen molar-refractivity contribution in [1.82, 2.24) is 10.6 Å². The van der Waals surface area contributed by atoms with Gasteiger partial charge in [0, 0.05) is 24.1 Å². The molecule has 1 aromatic rings. The monoisotopic (exact) mass is 381 g/mol. The standard InChI is InChI=1S/C18H27N3O4S/c1-4-24-15-8-12-7-11(2)25-16(12)9-13(15)10-20-17(22)14(5-6-26-3)21-18(19)23/h8-9,11,14H,4-7,10H2,1-3H3,(H,20,22)(H3,19,21,23)/t11-,14-/m1/s1. The van der Waals surface area contributed by atoms with Gasteiger partial charge in [-0.3, -0.25) is 4.79 Å². The molecule has 0 saturated heterocycles. The average Bonchev–Trinajstić information content (AvgIpc) is 2.95. The first kappa shape index (κ1) is 20.2. The summed E-state index contributed by atoms with van der Waals surface area (Å²) < 4.78 is 11.5. The number of benzene rings is 1. The van der Waals surface area contributed by atoms with Crippen LogP contribution in [0.25, 0.3) is 0 Å². The van der Waals surface area contributed by atoms with E-state index in [4.69, 9.17) is 15.2 Å². The second kappa shape index (κ2) is 9.56. The van der Waals surface area contributed by atoms with Gasteiger partial charge in [0.05, 0.1) is 6.61 Å². The van der Waals surface area contributed by atoms with Gasteiger partial charge in [0.15, 0.2) is 0 Å². The molecule has 0 radical (unpaired) electrons. The van der Waals surface area contributed by atoms with Crippen LogP contribution in [0, 0.1) is 0 Å². The van der Waals surface area contributed by atoms with E-state index in [0.717, 1.165) is 34.8 Å². The summed E-state index contributed by atoms with van der Waals surface area (Å²) in [5, 5.41) is 5.36. The normalized spacial score (nSPS) is 16.3. The van der Waals surface area contributed by atoms with Crippen LogP contribution in [-0.4, -0.2) is 42.7 Å². The lowest BCUT2D eigenvalue weighted by Gasteiger charge is -2.18. The maximum absolute atomic E-state index is 12.5. The third kappa shape index (κ3) is 5.45. The van der Waals surface area contributed by atoms with Crippen LogP contribution < -0.4 is 25.8 Å². The molecule has 0 aromatic heterocycles. The Morgan fingerprint density at radius 2 is 2.23 bits per heavy atom. The number of carbonyl (C=O) groups is 2. The Morgan fingerprint density at radius 1 is 1.46 bits per heavy atom. The molecule has 0 unspecified atom stereocenters. The molecule has 4 N–H and O–H groups in total. The van der Waals surface area contributed by atoms with E-state index in [0.29, 0.717) is 13.0 Å². The molecule has 26 heavy (non-hydrogen) atoms. The van der Waals surface area contributed by atoms with E-state index in [1.807, 2.05) is 32.2 Å². The molecule has 0 aliphatic carbocycles. The van der Waals surface area contributed by atoms with Crippen LogP contribution in [-0.2, 0) is 17.8 Å². The van der Waals surface area contributed by atoms with Gasteiger partial charge >= 0.3 is 6.03 Å². The third-order valence-electron chi connectivity index (χ3n) is 4.08. The van der Waals surface area contributed by atoms with E-state index < -0.39 is 12.1 Å². The molecule has 2 rings (SSSR count). The SMILES string of the molecule is CCOc1cc2c(cc1CNC(=O)[C@@H](CCSC)NC(N)=O)O[C@H](C)C2. The van der Waals surface area contributed by atoms with Gasteiger partial charge in [0.1, 0.15) is 23.6 Å². The van der Waals surface area contributed by atoms with E-state index in [1.54, 1.807) is 11.8 Å². The van der Waals surface area contributed by atoms with Crippen molar-refractivity contribution in [2.24, 2.45) is 5.73 Å².